The van der Waals surface area contributed by atoms with Gasteiger partial charge in [0.05, 0.1) is 6.16 Å². The maximum Gasteiger partial charge on any atom is 0.410 e. The van der Waals surface area contributed by atoms with Gasteiger partial charge in [0, 0.05) is 13.1 Å². The van der Waals surface area contributed by atoms with E-state index in [-0.39, 0.29) is 6.09 Å². The molecule has 0 aliphatic carbocycles. The van der Waals surface area contributed by atoms with E-state index in [1.807, 2.05) is 25.7 Å². The van der Waals surface area contributed by atoms with Gasteiger partial charge in [0.25, 0.3) is 0 Å². The minimum Gasteiger partial charge on any atom is -0.444 e. The molecule has 3 rings (SSSR count). The van der Waals surface area contributed by atoms with Gasteiger partial charge < -0.3 is 9.64 Å². The second-order valence-electron chi connectivity index (χ2n) is 8.15. The Kier molecular flexibility index (Phi) is 6.47. The molecule has 0 spiro atoms. The monoisotopic (exact) mass is 496 g/mol. The van der Waals surface area contributed by atoms with E-state index in [9.17, 15) is 4.79 Å². The predicted octanol–water partition coefficient (Wildman–Crippen LogP) is 5.26. The number of rotatable bonds is 5. The van der Waals surface area contributed by atoms with Gasteiger partial charge in [-0.15, -0.1) is 0 Å². The average molecular weight is 496 g/mol. The van der Waals surface area contributed by atoms with E-state index in [4.69, 9.17) is 4.74 Å². The number of amides is 1. The Morgan fingerprint density at radius 1 is 1.04 bits per heavy atom. The van der Waals surface area contributed by atoms with Crippen molar-refractivity contribution in [2.24, 2.45) is 5.92 Å². The number of carbonyl (C=O) groups excluding carboxylic acids is 1. The summed E-state index contributed by atoms with van der Waals surface area (Å²) in [6.07, 6.45) is 2.12. The number of benzene rings is 2. The molecular formula is C22H28INO2P+. The molecule has 0 unspecified atom stereocenters. The lowest BCUT2D eigenvalue weighted by Crippen LogP contribution is -2.51. The Labute approximate surface area is 176 Å². The van der Waals surface area contributed by atoms with Gasteiger partial charge in [0.2, 0.25) is 0 Å². The number of hydrogen-bond acceptors (Lipinski definition) is 2. The normalized spacial score (nSPS) is 15.3. The van der Waals surface area contributed by atoms with Crippen LogP contribution in [0.2, 0.25) is 0 Å². The number of nitrogens with zero attached hydrogens (tertiary/aromatic N) is 1. The third kappa shape index (κ3) is 5.23. The summed E-state index contributed by atoms with van der Waals surface area (Å²) in [4.78, 5) is 12.5. The van der Waals surface area contributed by atoms with Gasteiger partial charge in [-0.25, -0.2) is 4.79 Å². The van der Waals surface area contributed by atoms with Crippen LogP contribution in [0, 0.1) is 5.92 Å². The maximum absolute atomic E-state index is 12.1. The zero-order valence-electron chi connectivity index (χ0n) is 16.3. The van der Waals surface area contributed by atoms with E-state index in [1.165, 1.54) is 10.6 Å². The highest BCUT2D eigenvalue weighted by Crippen LogP contribution is 2.65. The third-order valence-corrected chi connectivity index (χ3v) is 12.7. The molecule has 1 saturated heterocycles. The molecule has 5 heteroatoms. The molecule has 0 N–H and O–H groups in total. The lowest BCUT2D eigenvalue weighted by Gasteiger charge is -2.40. The second kappa shape index (κ2) is 8.48. The van der Waals surface area contributed by atoms with Gasteiger partial charge in [0.15, 0.2) is 22.0 Å². The molecular weight excluding hydrogens is 468 g/mol. The molecule has 2 aromatic carbocycles. The number of halogens is 1. The molecule has 1 aliphatic heterocycles. The molecule has 144 valence electrons. The van der Waals surface area contributed by atoms with Crippen molar-refractivity contribution in [2.45, 2.75) is 32.8 Å². The summed E-state index contributed by atoms with van der Waals surface area (Å²) in [5.74, 6) is 0.569. The molecule has 3 nitrogen and oxygen atoms in total. The molecule has 0 saturated carbocycles. The molecule has 0 radical (unpaired) electrons. The molecule has 1 fully saturated rings. The summed E-state index contributed by atoms with van der Waals surface area (Å²) in [5.41, 5.74) is -0.425. The Morgan fingerprint density at radius 3 is 1.96 bits per heavy atom. The summed E-state index contributed by atoms with van der Waals surface area (Å²) in [6.45, 7) is 7.37. The van der Waals surface area contributed by atoms with Crippen molar-refractivity contribution < 1.29 is 9.53 Å². The fraction of sp³-hybridized carbons (Fsp3) is 0.409. The number of carbonyl (C=O) groups is 1. The first-order chi connectivity index (χ1) is 12.8. The largest absolute Gasteiger partial charge is 0.444 e. The summed E-state index contributed by atoms with van der Waals surface area (Å²) >= 11 is 2.72. The number of ether oxygens (including phenoxy) is 1. The average Bonchev–Trinajstić information content (AvgIpc) is 2.60. The second-order valence-corrected chi connectivity index (χ2v) is 16.0. The van der Waals surface area contributed by atoms with E-state index in [2.05, 4.69) is 82.7 Å². The zero-order chi connectivity index (χ0) is 19.5. The highest BCUT2D eigenvalue weighted by Gasteiger charge is 2.43. The topological polar surface area (TPSA) is 29.5 Å². The third-order valence-electron chi connectivity index (χ3n) is 4.79. The van der Waals surface area contributed by atoms with Crippen LogP contribution < -0.4 is 10.6 Å². The van der Waals surface area contributed by atoms with Gasteiger partial charge >= 0.3 is 6.09 Å². The first kappa shape index (κ1) is 20.6. The van der Waals surface area contributed by atoms with Crippen LogP contribution in [0.5, 0.6) is 0 Å². The first-order valence-electron chi connectivity index (χ1n) is 9.45. The van der Waals surface area contributed by atoms with E-state index < -0.39 is 10.5 Å². The van der Waals surface area contributed by atoms with Crippen LogP contribution >= 0.6 is 26.9 Å². The summed E-state index contributed by atoms with van der Waals surface area (Å²) < 4.78 is 5.47. The van der Waals surface area contributed by atoms with E-state index in [0.717, 1.165) is 25.7 Å². The van der Waals surface area contributed by atoms with Crippen molar-refractivity contribution in [2.75, 3.05) is 19.3 Å². The molecule has 0 aromatic heterocycles. The van der Waals surface area contributed by atoms with Crippen molar-refractivity contribution in [1.82, 2.24) is 4.90 Å². The van der Waals surface area contributed by atoms with Crippen LogP contribution in [0.3, 0.4) is 0 Å². The Morgan fingerprint density at radius 2 is 1.52 bits per heavy atom. The lowest BCUT2D eigenvalue weighted by atomic mass is 9.98. The zero-order valence-corrected chi connectivity index (χ0v) is 19.3. The van der Waals surface area contributed by atoms with E-state index in [1.54, 1.807) is 0 Å². The van der Waals surface area contributed by atoms with Crippen LogP contribution in [-0.4, -0.2) is 35.8 Å². The van der Waals surface area contributed by atoms with Crippen LogP contribution in [0.1, 0.15) is 27.2 Å². The SMILES string of the molecule is CC(C)(C)OC(=O)N1CC(CC[P+](I)(c2ccccc2)c2ccccc2)C1. The van der Waals surface area contributed by atoms with Crippen molar-refractivity contribution in [3.63, 3.8) is 0 Å². The summed E-state index contributed by atoms with van der Waals surface area (Å²) in [7, 11) is 0. The van der Waals surface area contributed by atoms with Crippen LogP contribution in [0.4, 0.5) is 4.79 Å². The van der Waals surface area contributed by atoms with Crippen molar-refractivity contribution in [3.8, 4) is 0 Å². The van der Waals surface area contributed by atoms with Crippen LogP contribution in [0.25, 0.3) is 0 Å². The minimum absolute atomic E-state index is 0.180. The fourth-order valence-corrected chi connectivity index (χ4v) is 8.91. The smallest absolute Gasteiger partial charge is 0.410 e. The number of likely N-dealkylation sites (tertiary alicyclic amines) is 1. The summed E-state index contributed by atoms with van der Waals surface area (Å²) in [5, 5.41) is 2.89. The summed E-state index contributed by atoms with van der Waals surface area (Å²) in [6, 6.07) is 21.8. The van der Waals surface area contributed by atoms with Gasteiger partial charge in [-0.3, -0.25) is 0 Å². The Bertz CT molecular complexity index is 715. The molecule has 1 heterocycles. The van der Waals surface area contributed by atoms with Gasteiger partial charge in [-0.05, 0) is 57.4 Å². The minimum atomic E-state index is -1.45. The van der Waals surface area contributed by atoms with E-state index >= 15 is 0 Å². The van der Waals surface area contributed by atoms with Gasteiger partial charge in [0.1, 0.15) is 21.1 Å². The fourth-order valence-electron chi connectivity index (χ4n) is 3.32. The van der Waals surface area contributed by atoms with Crippen molar-refractivity contribution >= 4 is 43.6 Å². The van der Waals surface area contributed by atoms with Gasteiger partial charge in [-0.2, -0.15) is 0 Å². The molecule has 0 atom stereocenters. The van der Waals surface area contributed by atoms with Crippen molar-refractivity contribution in [1.29, 1.82) is 0 Å². The molecule has 0 bridgehead atoms. The highest BCUT2D eigenvalue weighted by molar-refractivity contribution is 14.2. The predicted molar refractivity (Wildman–Crippen MR) is 124 cm³/mol. The highest BCUT2D eigenvalue weighted by atomic mass is 127. The van der Waals surface area contributed by atoms with Gasteiger partial charge in [-0.1, -0.05) is 36.4 Å². The molecule has 1 aliphatic rings. The van der Waals surface area contributed by atoms with Crippen LogP contribution in [-0.2, 0) is 4.74 Å². The maximum atomic E-state index is 12.1. The van der Waals surface area contributed by atoms with Crippen LogP contribution in [0.15, 0.2) is 60.7 Å². The Balaban J connectivity index is 1.63. The molecule has 2 aromatic rings. The standard InChI is InChI=1S/C22H28INO2P/c1-22(2,3)26-21(25)24-16-18(17-24)14-15-27(23,19-10-6-4-7-11-19)20-12-8-5-9-13-20/h4-13,18H,14-17H2,1-3H3/q+1. The number of hydrogen-bond donors (Lipinski definition) is 0. The molecule has 27 heavy (non-hydrogen) atoms. The quantitative estimate of drug-likeness (QED) is 0.418. The Hall–Kier alpha value is -1.13. The van der Waals surface area contributed by atoms with Crippen molar-refractivity contribution in [3.05, 3.63) is 60.7 Å². The lowest BCUT2D eigenvalue weighted by molar-refractivity contribution is -0.00127. The molecule has 1 amide bonds. The first-order valence-corrected chi connectivity index (χ1v) is 14.2. The van der Waals surface area contributed by atoms with E-state index in [0.29, 0.717) is 5.92 Å².